The van der Waals surface area contributed by atoms with Crippen LogP contribution in [0.5, 0.6) is 11.5 Å². The van der Waals surface area contributed by atoms with Gasteiger partial charge in [0.05, 0.1) is 13.2 Å². The van der Waals surface area contributed by atoms with Gasteiger partial charge >= 0.3 is 0 Å². The predicted molar refractivity (Wildman–Crippen MR) is 81.6 cm³/mol. The molecule has 0 aromatic heterocycles. The molecular weight excluding hydrogens is 254 g/mol. The zero-order valence-corrected chi connectivity index (χ0v) is 12.7. The van der Waals surface area contributed by atoms with E-state index < -0.39 is 0 Å². The normalized spacial score (nSPS) is 10.6. The molecule has 0 radical (unpaired) electrons. The van der Waals surface area contributed by atoms with Gasteiger partial charge in [-0.3, -0.25) is 0 Å². The van der Waals surface area contributed by atoms with Crippen molar-refractivity contribution in [1.29, 1.82) is 0 Å². The lowest BCUT2D eigenvalue weighted by atomic mass is 10.1. The molecule has 1 aromatic carbocycles. The first-order valence-corrected chi connectivity index (χ1v) is 7.48. The lowest BCUT2D eigenvalue weighted by Gasteiger charge is -2.13. The molecule has 2 N–H and O–H groups in total. The van der Waals surface area contributed by atoms with Gasteiger partial charge in [-0.05, 0) is 44.0 Å². The first-order chi connectivity index (χ1) is 9.81. The third kappa shape index (κ3) is 6.26. The average Bonchev–Trinajstić information content (AvgIpc) is 2.45. The van der Waals surface area contributed by atoms with Crippen molar-refractivity contribution in [2.24, 2.45) is 5.73 Å². The molecule has 1 aromatic rings. The van der Waals surface area contributed by atoms with Crippen molar-refractivity contribution in [1.82, 2.24) is 0 Å². The summed E-state index contributed by atoms with van der Waals surface area (Å²) in [5.74, 6) is 1.55. The van der Waals surface area contributed by atoms with Crippen molar-refractivity contribution < 1.29 is 14.2 Å². The molecule has 0 saturated heterocycles. The maximum Gasteiger partial charge on any atom is 0.161 e. The van der Waals surface area contributed by atoms with Gasteiger partial charge in [-0.15, -0.1) is 0 Å². The Balaban J connectivity index is 2.46. The summed E-state index contributed by atoms with van der Waals surface area (Å²) >= 11 is 0. The minimum atomic E-state index is 0.542. The van der Waals surface area contributed by atoms with E-state index in [0.717, 1.165) is 37.4 Å². The number of hydrogen-bond acceptors (Lipinski definition) is 4. The minimum absolute atomic E-state index is 0.542. The Morgan fingerprint density at radius 1 is 1.00 bits per heavy atom. The Hall–Kier alpha value is -1.26. The molecule has 114 valence electrons. The van der Waals surface area contributed by atoms with Gasteiger partial charge in [0, 0.05) is 6.61 Å². The lowest BCUT2D eigenvalue weighted by molar-refractivity contribution is 0.0967. The number of nitrogens with two attached hydrogens (primary N) is 1. The van der Waals surface area contributed by atoms with Crippen LogP contribution in [0.1, 0.15) is 32.3 Å². The number of rotatable bonds is 11. The molecular formula is C16H27NO3. The van der Waals surface area contributed by atoms with Crippen LogP contribution in [0.15, 0.2) is 18.2 Å². The molecule has 0 heterocycles. The van der Waals surface area contributed by atoms with Gasteiger partial charge < -0.3 is 19.9 Å². The summed E-state index contributed by atoms with van der Waals surface area (Å²) in [5.41, 5.74) is 6.74. The van der Waals surface area contributed by atoms with Gasteiger partial charge in [-0.1, -0.05) is 19.4 Å². The zero-order chi connectivity index (χ0) is 14.6. The number of unbranched alkanes of at least 4 members (excludes halogenated alkanes) is 1. The molecule has 0 bridgehead atoms. The van der Waals surface area contributed by atoms with Crippen LogP contribution in [0, 0.1) is 0 Å². The van der Waals surface area contributed by atoms with E-state index in [0.29, 0.717) is 26.4 Å². The summed E-state index contributed by atoms with van der Waals surface area (Å²) in [6.07, 6.45) is 3.09. The van der Waals surface area contributed by atoms with Crippen molar-refractivity contribution >= 4 is 0 Å². The van der Waals surface area contributed by atoms with Crippen LogP contribution in [0.4, 0.5) is 0 Å². The van der Waals surface area contributed by atoms with E-state index in [-0.39, 0.29) is 0 Å². The third-order valence-corrected chi connectivity index (χ3v) is 2.87. The van der Waals surface area contributed by atoms with E-state index in [2.05, 4.69) is 6.92 Å². The lowest BCUT2D eigenvalue weighted by Crippen LogP contribution is -2.09. The predicted octanol–water partition coefficient (Wildman–Crippen LogP) is 2.78. The Morgan fingerprint density at radius 3 is 2.55 bits per heavy atom. The summed E-state index contributed by atoms with van der Waals surface area (Å²) < 4.78 is 16.8. The van der Waals surface area contributed by atoms with E-state index in [1.165, 1.54) is 5.56 Å². The summed E-state index contributed by atoms with van der Waals surface area (Å²) in [4.78, 5) is 0. The average molecular weight is 281 g/mol. The van der Waals surface area contributed by atoms with E-state index in [9.17, 15) is 0 Å². The maximum atomic E-state index is 5.72. The molecule has 0 aliphatic heterocycles. The van der Waals surface area contributed by atoms with E-state index in [1.54, 1.807) is 0 Å². The van der Waals surface area contributed by atoms with Gasteiger partial charge in [0.1, 0.15) is 6.61 Å². The zero-order valence-electron chi connectivity index (χ0n) is 12.7. The Bertz CT molecular complexity index is 369. The molecule has 0 spiro atoms. The Morgan fingerprint density at radius 2 is 1.85 bits per heavy atom. The van der Waals surface area contributed by atoms with Gasteiger partial charge in [0.25, 0.3) is 0 Å². The minimum Gasteiger partial charge on any atom is -0.490 e. The number of hydrogen-bond donors (Lipinski definition) is 1. The number of benzene rings is 1. The van der Waals surface area contributed by atoms with Crippen LogP contribution in [0.3, 0.4) is 0 Å². The second-order valence-electron chi connectivity index (χ2n) is 4.57. The largest absolute Gasteiger partial charge is 0.490 e. The summed E-state index contributed by atoms with van der Waals surface area (Å²) in [6, 6.07) is 5.98. The number of ether oxygens (including phenoxy) is 3. The van der Waals surface area contributed by atoms with Crippen LogP contribution in [-0.2, 0) is 11.2 Å². The Kier molecular flexibility index (Phi) is 8.83. The van der Waals surface area contributed by atoms with Gasteiger partial charge in [-0.25, -0.2) is 0 Å². The van der Waals surface area contributed by atoms with Crippen LogP contribution < -0.4 is 15.2 Å². The molecule has 4 heteroatoms. The summed E-state index contributed by atoms with van der Waals surface area (Å²) in [5, 5.41) is 0. The molecule has 4 nitrogen and oxygen atoms in total. The highest BCUT2D eigenvalue weighted by Gasteiger charge is 2.06. The van der Waals surface area contributed by atoms with Crippen molar-refractivity contribution in [3.8, 4) is 11.5 Å². The second-order valence-corrected chi connectivity index (χ2v) is 4.57. The molecule has 0 unspecified atom stereocenters. The van der Waals surface area contributed by atoms with E-state index in [4.69, 9.17) is 19.9 Å². The molecule has 1 rings (SSSR count). The SMILES string of the molecule is CCCCOCCOc1ccc(CCN)cc1OCC. The fourth-order valence-electron chi connectivity index (χ4n) is 1.82. The van der Waals surface area contributed by atoms with Crippen molar-refractivity contribution in [2.45, 2.75) is 33.1 Å². The second kappa shape index (κ2) is 10.5. The van der Waals surface area contributed by atoms with Crippen LogP contribution in [0.25, 0.3) is 0 Å². The van der Waals surface area contributed by atoms with Crippen molar-refractivity contribution in [3.05, 3.63) is 23.8 Å². The highest BCUT2D eigenvalue weighted by Crippen LogP contribution is 2.28. The summed E-state index contributed by atoms with van der Waals surface area (Å²) in [7, 11) is 0. The molecule has 0 fully saturated rings. The van der Waals surface area contributed by atoms with Crippen LogP contribution in [0.2, 0.25) is 0 Å². The fourth-order valence-corrected chi connectivity index (χ4v) is 1.82. The highest BCUT2D eigenvalue weighted by atomic mass is 16.5. The molecule has 0 saturated carbocycles. The molecule has 0 aliphatic rings. The standard InChI is InChI=1S/C16H27NO3/c1-3-5-10-18-11-12-20-15-7-6-14(8-9-17)13-16(15)19-4-2/h6-7,13H,3-5,8-12,17H2,1-2H3. The van der Waals surface area contributed by atoms with Gasteiger partial charge in [0.2, 0.25) is 0 Å². The molecule has 20 heavy (non-hydrogen) atoms. The Labute approximate surface area is 122 Å². The quantitative estimate of drug-likeness (QED) is 0.634. The first-order valence-electron chi connectivity index (χ1n) is 7.48. The third-order valence-electron chi connectivity index (χ3n) is 2.87. The first kappa shape index (κ1) is 16.8. The van der Waals surface area contributed by atoms with Crippen LogP contribution in [-0.4, -0.2) is 33.0 Å². The van der Waals surface area contributed by atoms with Crippen LogP contribution >= 0.6 is 0 Å². The molecule has 0 atom stereocenters. The summed E-state index contributed by atoms with van der Waals surface area (Å²) in [6.45, 7) is 7.32. The van der Waals surface area contributed by atoms with E-state index in [1.807, 2.05) is 25.1 Å². The maximum absolute atomic E-state index is 5.72. The van der Waals surface area contributed by atoms with Crippen molar-refractivity contribution in [2.75, 3.05) is 33.0 Å². The fraction of sp³-hybridized carbons (Fsp3) is 0.625. The van der Waals surface area contributed by atoms with E-state index >= 15 is 0 Å². The molecule has 0 aliphatic carbocycles. The van der Waals surface area contributed by atoms with Crippen molar-refractivity contribution in [3.63, 3.8) is 0 Å². The van der Waals surface area contributed by atoms with Gasteiger partial charge in [0.15, 0.2) is 11.5 Å². The smallest absolute Gasteiger partial charge is 0.161 e. The van der Waals surface area contributed by atoms with Gasteiger partial charge in [-0.2, -0.15) is 0 Å². The monoisotopic (exact) mass is 281 g/mol. The topological polar surface area (TPSA) is 53.7 Å². The molecule has 0 amide bonds. The highest BCUT2D eigenvalue weighted by molar-refractivity contribution is 5.43.